The number of methoxy groups -OCH3 is 1. The molecule has 0 amide bonds. The van der Waals surface area contributed by atoms with E-state index >= 15 is 0 Å². The molecule has 0 radical (unpaired) electrons. The second-order valence-corrected chi connectivity index (χ2v) is 9.17. The fourth-order valence-electron chi connectivity index (χ4n) is 4.07. The minimum absolute atomic E-state index is 0.249. The number of para-hydroxylation sites is 1. The van der Waals surface area contributed by atoms with Gasteiger partial charge in [0.1, 0.15) is 5.75 Å². The van der Waals surface area contributed by atoms with Crippen LogP contribution in [0.3, 0.4) is 0 Å². The maximum Gasteiger partial charge on any atom is 0.150 e. The van der Waals surface area contributed by atoms with Gasteiger partial charge >= 0.3 is 0 Å². The molecule has 2 fully saturated rings. The molecule has 2 aliphatic rings. The first-order valence-corrected chi connectivity index (χ1v) is 10.5. The molecule has 2 unspecified atom stereocenters. The number of sulfone groups is 1. The van der Waals surface area contributed by atoms with Gasteiger partial charge in [-0.15, -0.1) is 0 Å². The van der Waals surface area contributed by atoms with Crippen molar-refractivity contribution in [3.8, 4) is 5.75 Å². The van der Waals surface area contributed by atoms with E-state index < -0.39 is 9.84 Å². The van der Waals surface area contributed by atoms with E-state index in [0.717, 1.165) is 18.7 Å². The maximum absolute atomic E-state index is 11.7. The quantitative estimate of drug-likeness (QED) is 0.867. The molecule has 128 valence electrons. The van der Waals surface area contributed by atoms with Crippen LogP contribution in [0, 0.1) is 11.8 Å². The topological polar surface area (TPSA) is 55.4 Å². The fourth-order valence-corrected chi connectivity index (χ4v) is 5.93. The molecular weight excluding hydrogens is 310 g/mol. The lowest BCUT2D eigenvalue weighted by atomic mass is 9.90. The molecule has 0 bridgehead atoms. The van der Waals surface area contributed by atoms with Crippen LogP contribution < -0.4 is 10.1 Å². The molecule has 1 saturated heterocycles. The zero-order valence-electron chi connectivity index (χ0n) is 13.8. The third-order valence-corrected chi connectivity index (χ3v) is 7.14. The average molecular weight is 337 g/mol. The smallest absolute Gasteiger partial charge is 0.150 e. The predicted molar refractivity (Wildman–Crippen MR) is 92.5 cm³/mol. The first kappa shape index (κ1) is 16.8. The first-order chi connectivity index (χ1) is 11.1. The molecule has 2 atom stereocenters. The Morgan fingerprint density at radius 1 is 1.22 bits per heavy atom. The summed E-state index contributed by atoms with van der Waals surface area (Å²) in [6.45, 7) is 0.776. The number of hydrogen-bond donors (Lipinski definition) is 1. The lowest BCUT2D eigenvalue weighted by Gasteiger charge is -2.28. The van der Waals surface area contributed by atoms with Crippen molar-refractivity contribution in [1.82, 2.24) is 5.32 Å². The summed E-state index contributed by atoms with van der Waals surface area (Å²) in [6, 6.07) is 8.47. The summed E-state index contributed by atoms with van der Waals surface area (Å²) >= 11 is 0. The van der Waals surface area contributed by atoms with Crippen LogP contribution in [0.1, 0.15) is 43.7 Å². The number of hydrogen-bond acceptors (Lipinski definition) is 4. The maximum atomic E-state index is 11.7. The van der Waals surface area contributed by atoms with Gasteiger partial charge in [-0.2, -0.15) is 0 Å². The van der Waals surface area contributed by atoms with Crippen molar-refractivity contribution in [2.45, 2.75) is 38.1 Å². The summed E-state index contributed by atoms with van der Waals surface area (Å²) in [6.07, 6.45) is 5.83. The van der Waals surface area contributed by atoms with Crippen LogP contribution in [0.5, 0.6) is 5.75 Å². The summed E-state index contributed by atoms with van der Waals surface area (Å²) in [7, 11) is -1.09. The molecule has 1 aliphatic carbocycles. The van der Waals surface area contributed by atoms with Gasteiger partial charge in [0.05, 0.1) is 18.6 Å². The van der Waals surface area contributed by atoms with Gasteiger partial charge in [-0.3, -0.25) is 0 Å². The van der Waals surface area contributed by atoms with Gasteiger partial charge in [-0.05, 0) is 43.7 Å². The minimum Gasteiger partial charge on any atom is -0.496 e. The lowest BCUT2D eigenvalue weighted by Crippen LogP contribution is -2.32. The molecule has 23 heavy (non-hydrogen) atoms. The van der Waals surface area contributed by atoms with Crippen LogP contribution in [-0.2, 0) is 9.84 Å². The van der Waals surface area contributed by atoms with Gasteiger partial charge < -0.3 is 10.1 Å². The van der Waals surface area contributed by atoms with E-state index in [2.05, 4.69) is 17.4 Å². The minimum atomic E-state index is -2.80. The second-order valence-electron chi connectivity index (χ2n) is 6.94. The Kier molecular flexibility index (Phi) is 5.27. The van der Waals surface area contributed by atoms with E-state index in [1.165, 1.54) is 31.2 Å². The molecule has 0 aromatic heterocycles. The molecule has 0 spiro atoms. The zero-order valence-corrected chi connectivity index (χ0v) is 14.6. The first-order valence-electron chi connectivity index (χ1n) is 8.66. The summed E-state index contributed by atoms with van der Waals surface area (Å²) in [5, 5.41) is 3.69. The summed E-state index contributed by atoms with van der Waals surface area (Å²) < 4.78 is 28.9. The average Bonchev–Trinajstić information content (AvgIpc) is 3.18. The molecule has 1 aromatic rings. The molecule has 1 saturated carbocycles. The Hall–Kier alpha value is -1.07. The van der Waals surface area contributed by atoms with Crippen LogP contribution in [0.25, 0.3) is 0 Å². The van der Waals surface area contributed by atoms with E-state index in [0.29, 0.717) is 17.4 Å². The number of nitrogens with one attached hydrogen (secondary N) is 1. The van der Waals surface area contributed by atoms with E-state index in [1.54, 1.807) is 7.11 Å². The van der Waals surface area contributed by atoms with Crippen molar-refractivity contribution in [3.05, 3.63) is 29.8 Å². The Balaban J connectivity index is 1.73. The van der Waals surface area contributed by atoms with E-state index in [9.17, 15) is 8.42 Å². The van der Waals surface area contributed by atoms with Crippen LogP contribution in [0.15, 0.2) is 24.3 Å². The molecule has 5 heteroatoms. The van der Waals surface area contributed by atoms with Crippen molar-refractivity contribution in [2.75, 3.05) is 25.2 Å². The number of benzene rings is 1. The summed E-state index contributed by atoms with van der Waals surface area (Å²) in [5.41, 5.74) is 1.21. The van der Waals surface area contributed by atoms with Gasteiger partial charge in [-0.25, -0.2) is 8.42 Å². The SMILES string of the molecule is COc1ccccc1C(NCC1CCS(=O)(=O)C1)C1CCCC1. The van der Waals surface area contributed by atoms with Crippen LogP contribution in [0.4, 0.5) is 0 Å². The van der Waals surface area contributed by atoms with Gasteiger partial charge in [0.2, 0.25) is 0 Å². The Morgan fingerprint density at radius 2 is 1.96 bits per heavy atom. The molecule has 1 N–H and O–H groups in total. The van der Waals surface area contributed by atoms with Crippen molar-refractivity contribution in [1.29, 1.82) is 0 Å². The van der Waals surface area contributed by atoms with Crippen LogP contribution in [0.2, 0.25) is 0 Å². The Morgan fingerprint density at radius 3 is 2.61 bits per heavy atom. The molecule has 4 nitrogen and oxygen atoms in total. The van der Waals surface area contributed by atoms with Gasteiger partial charge in [0.25, 0.3) is 0 Å². The predicted octanol–water partition coefficient (Wildman–Crippen LogP) is 2.95. The standard InChI is InChI=1S/C18H27NO3S/c1-22-17-9-5-4-8-16(17)18(15-6-2-3-7-15)19-12-14-10-11-23(20,21)13-14/h4-5,8-9,14-15,18-19H,2-3,6-7,10-13H2,1H3. The number of ether oxygens (including phenoxy) is 1. The third kappa shape index (κ3) is 4.07. The second kappa shape index (κ2) is 7.22. The lowest BCUT2D eigenvalue weighted by molar-refractivity contribution is 0.330. The zero-order chi connectivity index (χ0) is 16.3. The molecule has 1 aromatic carbocycles. The number of rotatable bonds is 6. The largest absolute Gasteiger partial charge is 0.496 e. The van der Waals surface area contributed by atoms with Crippen molar-refractivity contribution in [3.63, 3.8) is 0 Å². The highest BCUT2D eigenvalue weighted by Gasteiger charge is 2.31. The monoisotopic (exact) mass is 337 g/mol. The van der Waals surface area contributed by atoms with Crippen molar-refractivity contribution >= 4 is 9.84 Å². The third-order valence-electron chi connectivity index (χ3n) is 5.30. The normalized spacial score (nSPS) is 25.5. The fraction of sp³-hybridized carbons (Fsp3) is 0.667. The van der Waals surface area contributed by atoms with E-state index in [1.807, 2.05) is 12.1 Å². The summed E-state index contributed by atoms with van der Waals surface area (Å²) in [4.78, 5) is 0. The van der Waals surface area contributed by atoms with Gasteiger partial charge in [-0.1, -0.05) is 31.0 Å². The molecule has 1 aliphatic heterocycles. The summed E-state index contributed by atoms with van der Waals surface area (Å²) in [5.74, 6) is 2.48. The van der Waals surface area contributed by atoms with Crippen molar-refractivity contribution in [2.24, 2.45) is 11.8 Å². The molecular formula is C18H27NO3S. The highest BCUT2D eigenvalue weighted by Crippen LogP contribution is 2.39. The van der Waals surface area contributed by atoms with E-state index in [-0.39, 0.29) is 12.0 Å². The van der Waals surface area contributed by atoms with E-state index in [4.69, 9.17) is 4.74 Å². The highest BCUT2D eigenvalue weighted by atomic mass is 32.2. The van der Waals surface area contributed by atoms with Crippen molar-refractivity contribution < 1.29 is 13.2 Å². The molecule has 3 rings (SSSR count). The Bertz CT molecular complexity index is 623. The van der Waals surface area contributed by atoms with Gasteiger partial charge in [0.15, 0.2) is 9.84 Å². The van der Waals surface area contributed by atoms with Crippen LogP contribution >= 0.6 is 0 Å². The Labute approximate surface area is 139 Å². The molecule has 1 heterocycles. The van der Waals surface area contributed by atoms with Crippen LogP contribution in [-0.4, -0.2) is 33.6 Å². The van der Waals surface area contributed by atoms with Gasteiger partial charge in [0, 0.05) is 11.6 Å². The highest BCUT2D eigenvalue weighted by molar-refractivity contribution is 7.91.